The van der Waals surface area contributed by atoms with Gasteiger partial charge < -0.3 is 10.6 Å². The summed E-state index contributed by atoms with van der Waals surface area (Å²) < 4.78 is 0. The van der Waals surface area contributed by atoms with E-state index in [0.29, 0.717) is 11.6 Å². The molecule has 0 aromatic heterocycles. The van der Waals surface area contributed by atoms with Gasteiger partial charge in [-0.15, -0.1) is 0 Å². The molecule has 1 fully saturated rings. The largest absolute Gasteiger partial charge is 0.313 e. The number of nitrogens with one attached hydrogen (secondary N) is 2. The van der Waals surface area contributed by atoms with E-state index >= 15 is 0 Å². The molecule has 0 bridgehead atoms. The van der Waals surface area contributed by atoms with Crippen LogP contribution < -0.4 is 10.6 Å². The highest BCUT2D eigenvalue weighted by atomic mass is 15.1. The normalized spacial score (nSPS) is 41.7. The van der Waals surface area contributed by atoms with Crippen LogP contribution in [0.1, 0.15) is 27.2 Å². The summed E-state index contributed by atoms with van der Waals surface area (Å²) in [6, 6.07) is 0.624. The van der Waals surface area contributed by atoms with E-state index < -0.39 is 0 Å². The van der Waals surface area contributed by atoms with Gasteiger partial charge in [0.15, 0.2) is 0 Å². The summed E-state index contributed by atoms with van der Waals surface area (Å²) in [4.78, 5) is 0. The lowest BCUT2D eigenvalue weighted by Crippen LogP contribution is -2.60. The monoisotopic (exact) mass is 142 g/mol. The number of hydrogen-bond acceptors (Lipinski definition) is 2. The third-order valence-electron chi connectivity index (χ3n) is 2.34. The van der Waals surface area contributed by atoms with Crippen LogP contribution in [-0.4, -0.2) is 24.7 Å². The van der Waals surface area contributed by atoms with Gasteiger partial charge in [-0.25, -0.2) is 0 Å². The van der Waals surface area contributed by atoms with Crippen molar-refractivity contribution in [3.8, 4) is 0 Å². The minimum absolute atomic E-state index is 0.331. The van der Waals surface area contributed by atoms with Crippen LogP contribution in [0.5, 0.6) is 0 Å². The quantitative estimate of drug-likeness (QED) is 0.564. The molecule has 0 aliphatic carbocycles. The summed E-state index contributed by atoms with van der Waals surface area (Å²) in [7, 11) is 0. The Morgan fingerprint density at radius 1 is 1.60 bits per heavy atom. The minimum atomic E-state index is 0.331. The van der Waals surface area contributed by atoms with E-state index in [9.17, 15) is 0 Å². The first-order valence-electron chi connectivity index (χ1n) is 4.15. The summed E-state index contributed by atoms with van der Waals surface area (Å²) in [5.41, 5.74) is 0.331. The molecule has 2 N–H and O–H groups in total. The summed E-state index contributed by atoms with van der Waals surface area (Å²) in [5.74, 6) is 0. The summed E-state index contributed by atoms with van der Waals surface area (Å²) in [6.45, 7) is 8.94. The molecule has 10 heavy (non-hydrogen) atoms. The molecule has 0 saturated carbocycles. The van der Waals surface area contributed by atoms with Crippen LogP contribution in [0.25, 0.3) is 0 Å². The van der Waals surface area contributed by atoms with Crippen molar-refractivity contribution in [2.75, 3.05) is 13.1 Å². The van der Waals surface area contributed by atoms with Crippen LogP contribution in [0.15, 0.2) is 0 Å². The molecule has 0 aromatic rings. The van der Waals surface area contributed by atoms with E-state index in [4.69, 9.17) is 0 Å². The standard InChI is InChI=1S/C8H18N2/c1-4-8(3)6-9-5-7(2)10-8/h7,9-10H,4-6H2,1-3H3/t7-,8+/m1/s1. The molecule has 1 aliphatic rings. The van der Waals surface area contributed by atoms with Crippen molar-refractivity contribution in [1.29, 1.82) is 0 Å². The Morgan fingerprint density at radius 3 is 2.70 bits per heavy atom. The highest BCUT2D eigenvalue weighted by Crippen LogP contribution is 2.11. The van der Waals surface area contributed by atoms with Crippen LogP contribution in [-0.2, 0) is 0 Å². The zero-order chi connectivity index (χ0) is 7.61. The van der Waals surface area contributed by atoms with Crippen LogP contribution in [0, 0.1) is 0 Å². The van der Waals surface area contributed by atoms with E-state index in [0.717, 1.165) is 13.1 Å². The zero-order valence-electron chi connectivity index (χ0n) is 7.20. The lowest BCUT2D eigenvalue weighted by atomic mass is 9.95. The third-order valence-corrected chi connectivity index (χ3v) is 2.34. The molecule has 2 nitrogen and oxygen atoms in total. The van der Waals surface area contributed by atoms with Crippen molar-refractivity contribution in [3.05, 3.63) is 0 Å². The molecule has 0 aromatic carbocycles. The highest BCUT2D eigenvalue weighted by Gasteiger charge is 2.26. The molecule has 0 amide bonds. The molecule has 2 atom stereocenters. The van der Waals surface area contributed by atoms with Gasteiger partial charge >= 0.3 is 0 Å². The van der Waals surface area contributed by atoms with Crippen molar-refractivity contribution >= 4 is 0 Å². The van der Waals surface area contributed by atoms with Gasteiger partial charge in [-0.2, -0.15) is 0 Å². The van der Waals surface area contributed by atoms with Crippen molar-refractivity contribution in [2.45, 2.75) is 38.8 Å². The fourth-order valence-electron chi connectivity index (χ4n) is 1.49. The Kier molecular flexibility index (Phi) is 2.32. The number of hydrogen-bond donors (Lipinski definition) is 2. The predicted octanol–water partition coefficient (Wildman–Crippen LogP) is 0.736. The van der Waals surface area contributed by atoms with Crippen LogP contribution in [0.3, 0.4) is 0 Å². The second-order valence-corrected chi connectivity index (χ2v) is 3.59. The molecule has 0 spiro atoms. The summed E-state index contributed by atoms with van der Waals surface area (Å²) in [6.07, 6.45) is 1.20. The fourth-order valence-corrected chi connectivity index (χ4v) is 1.49. The summed E-state index contributed by atoms with van der Waals surface area (Å²) in [5, 5.41) is 6.99. The molecule has 1 heterocycles. The van der Waals surface area contributed by atoms with Crippen LogP contribution >= 0.6 is 0 Å². The molecule has 60 valence electrons. The van der Waals surface area contributed by atoms with Crippen molar-refractivity contribution in [1.82, 2.24) is 10.6 Å². The molecule has 1 aliphatic heterocycles. The molecule has 0 radical (unpaired) electrons. The van der Waals surface area contributed by atoms with Gasteiger partial charge in [0.2, 0.25) is 0 Å². The molecular weight excluding hydrogens is 124 g/mol. The Bertz CT molecular complexity index is 114. The van der Waals surface area contributed by atoms with Gasteiger partial charge in [0.1, 0.15) is 0 Å². The first-order valence-corrected chi connectivity index (χ1v) is 4.15. The maximum Gasteiger partial charge on any atom is 0.0278 e. The summed E-state index contributed by atoms with van der Waals surface area (Å²) >= 11 is 0. The maximum absolute atomic E-state index is 3.58. The number of rotatable bonds is 1. The fraction of sp³-hybridized carbons (Fsp3) is 1.00. The smallest absolute Gasteiger partial charge is 0.0278 e. The second-order valence-electron chi connectivity index (χ2n) is 3.59. The first-order chi connectivity index (χ1) is 4.66. The van der Waals surface area contributed by atoms with Gasteiger partial charge in [-0.05, 0) is 20.3 Å². The van der Waals surface area contributed by atoms with E-state index in [1.54, 1.807) is 0 Å². The Balaban J connectivity index is 2.45. The van der Waals surface area contributed by atoms with Gasteiger partial charge in [-0.1, -0.05) is 6.92 Å². The van der Waals surface area contributed by atoms with E-state index in [1.165, 1.54) is 6.42 Å². The zero-order valence-corrected chi connectivity index (χ0v) is 7.20. The van der Waals surface area contributed by atoms with Crippen molar-refractivity contribution < 1.29 is 0 Å². The van der Waals surface area contributed by atoms with Gasteiger partial charge in [-0.3, -0.25) is 0 Å². The van der Waals surface area contributed by atoms with Gasteiger partial charge in [0.25, 0.3) is 0 Å². The number of piperazine rings is 1. The Hall–Kier alpha value is -0.0800. The average Bonchev–Trinajstić information content (AvgIpc) is 1.88. The Morgan fingerprint density at radius 2 is 2.30 bits per heavy atom. The lowest BCUT2D eigenvalue weighted by Gasteiger charge is -2.38. The molecule has 1 rings (SSSR count). The van der Waals surface area contributed by atoms with Crippen molar-refractivity contribution in [3.63, 3.8) is 0 Å². The van der Waals surface area contributed by atoms with E-state index in [-0.39, 0.29) is 0 Å². The average molecular weight is 142 g/mol. The van der Waals surface area contributed by atoms with Crippen LogP contribution in [0.2, 0.25) is 0 Å². The molecule has 2 heteroatoms. The SMILES string of the molecule is CC[C@@]1(C)CNC[C@@H](C)N1. The van der Waals surface area contributed by atoms with E-state index in [1.807, 2.05) is 0 Å². The van der Waals surface area contributed by atoms with Gasteiger partial charge in [0.05, 0.1) is 0 Å². The third kappa shape index (κ3) is 1.70. The predicted molar refractivity (Wildman–Crippen MR) is 44.2 cm³/mol. The Labute approximate surface area is 63.4 Å². The van der Waals surface area contributed by atoms with Gasteiger partial charge in [0, 0.05) is 24.7 Å². The molecule has 1 saturated heterocycles. The van der Waals surface area contributed by atoms with Crippen molar-refractivity contribution in [2.24, 2.45) is 0 Å². The lowest BCUT2D eigenvalue weighted by molar-refractivity contribution is 0.245. The van der Waals surface area contributed by atoms with E-state index in [2.05, 4.69) is 31.4 Å². The minimum Gasteiger partial charge on any atom is -0.313 e. The maximum atomic E-state index is 3.58. The topological polar surface area (TPSA) is 24.1 Å². The molecular formula is C8H18N2. The first kappa shape index (κ1) is 8.02. The van der Waals surface area contributed by atoms with Crippen LogP contribution in [0.4, 0.5) is 0 Å². The molecule has 0 unspecified atom stereocenters. The highest BCUT2D eigenvalue weighted by molar-refractivity contribution is 4.91. The second kappa shape index (κ2) is 2.89.